The van der Waals surface area contributed by atoms with Gasteiger partial charge in [0, 0.05) is 7.05 Å². The summed E-state index contributed by atoms with van der Waals surface area (Å²) in [5, 5.41) is 13.4. The van der Waals surface area contributed by atoms with E-state index in [2.05, 4.69) is 10.6 Å². The molecule has 0 saturated heterocycles. The van der Waals surface area contributed by atoms with Gasteiger partial charge < -0.3 is 15.2 Å². The molecule has 0 aliphatic rings. The Morgan fingerprint density at radius 2 is 1.95 bits per heavy atom. The van der Waals surface area contributed by atoms with Crippen molar-refractivity contribution in [1.82, 2.24) is 10.6 Å². The summed E-state index contributed by atoms with van der Waals surface area (Å²) in [6, 6.07) is 3.98. The number of carbonyl (C=O) groups is 3. The van der Waals surface area contributed by atoms with Gasteiger partial charge in [-0.05, 0) is 25.5 Å². The average molecular weight is 280 g/mol. The van der Waals surface area contributed by atoms with Gasteiger partial charge in [0.2, 0.25) is 0 Å². The van der Waals surface area contributed by atoms with Gasteiger partial charge in [-0.25, -0.2) is 9.59 Å². The number of nitrogens with one attached hydrogen (secondary N) is 2. The molecule has 108 valence electrons. The van der Waals surface area contributed by atoms with Crippen molar-refractivity contribution < 1.29 is 24.2 Å². The van der Waals surface area contributed by atoms with Gasteiger partial charge in [-0.1, -0.05) is 12.1 Å². The highest BCUT2D eigenvalue weighted by Crippen LogP contribution is 2.24. The Labute approximate surface area is 115 Å². The number of urea groups is 1. The quantitative estimate of drug-likeness (QED) is 0.760. The first-order valence-corrected chi connectivity index (χ1v) is 5.89. The molecule has 3 amide bonds. The van der Waals surface area contributed by atoms with E-state index < -0.39 is 24.0 Å². The Hall–Kier alpha value is -2.57. The summed E-state index contributed by atoms with van der Waals surface area (Å²) in [5.74, 6) is -1.70. The van der Waals surface area contributed by atoms with Gasteiger partial charge in [0.25, 0.3) is 5.91 Å². The van der Waals surface area contributed by atoms with E-state index in [1.165, 1.54) is 20.0 Å². The van der Waals surface area contributed by atoms with Gasteiger partial charge in [0.15, 0.2) is 6.10 Å². The number of ether oxygens (including phenoxy) is 1. The van der Waals surface area contributed by atoms with E-state index in [9.17, 15) is 14.4 Å². The molecule has 7 nitrogen and oxygen atoms in total. The number of hydrogen-bond acceptors (Lipinski definition) is 4. The number of aromatic carboxylic acids is 1. The molecule has 0 aromatic heterocycles. The van der Waals surface area contributed by atoms with Crippen molar-refractivity contribution in [3.05, 3.63) is 29.3 Å². The second-order valence-electron chi connectivity index (χ2n) is 4.09. The summed E-state index contributed by atoms with van der Waals surface area (Å²) in [4.78, 5) is 33.8. The number of hydrogen-bond donors (Lipinski definition) is 3. The highest BCUT2D eigenvalue weighted by molar-refractivity contribution is 5.96. The van der Waals surface area contributed by atoms with Gasteiger partial charge in [-0.2, -0.15) is 0 Å². The molecule has 3 N–H and O–H groups in total. The molecule has 1 aromatic rings. The lowest BCUT2D eigenvalue weighted by molar-refractivity contribution is -0.126. The van der Waals surface area contributed by atoms with Gasteiger partial charge in [-0.15, -0.1) is 0 Å². The van der Waals surface area contributed by atoms with Crippen LogP contribution in [0.5, 0.6) is 5.75 Å². The van der Waals surface area contributed by atoms with Gasteiger partial charge >= 0.3 is 12.0 Å². The van der Waals surface area contributed by atoms with Crippen LogP contribution in [0.1, 0.15) is 22.8 Å². The van der Waals surface area contributed by atoms with E-state index in [-0.39, 0.29) is 11.3 Å². The standard InChI is InChI=1S/C13H16N2O5/c1-7-5-4-6-9(12(17)18)10(7)20-8(2)11(16)15-13(19)14-3/h4-6,8H,1-3H3,(H,17,18)(H2,14,15,16,19). The fourth-order valence-electron chi connectivity index (χ4n) is 1.48. The van der Waals surface area contributed by atoms with E-state index >= 15 is 0 Å². The molecule has 20 heavy (non-hydrogen) atoms. The summed E-state index contributed by atoms with van der Waals surface area (Å²) in [5.41, 5.74) is 0.550. The first-order valence-electron chi connectivity index (χ1n) is 5.89. The Kier molecular flexibility index (Phi) is 5.08. The van der Waals surface area contributed by atoms with Crippen LogP contribution >= 0.6 is 0 Å². The molecule has 1 rings (SSSR count). The molecule has 0 spiro atoms. The largest absolute Gasteiger partial charge is 0.480 e. The van der Waals surface area contributed by atoms with Crippen molar-refractivity contribution in [2.45, 2.75) is 20.0 Å². The predicted octanol–water partition coefficient (Wildman–Crippen LogP) is 0.916. The van der Waals surface area contributed by atoms with Crippen molar-refractivity contribution in [3.8, 4) is 5.75 Å². The SMILES string of the molecule is CNC(=O)NC(=O)C(C)Oc1c(C)cccc1C(=O)O. The molecule has 0 radical (unpaired) electrons. The molecule has 1 aromatic carbocycles. The summed E-state index contributed by atoms with van der Waals surface area (Å²) in [7, 11) is 1.37. The number of amides is 3. The normalized spacial score (nSPS) is 11.3. The highest BCUT2D eigenvalue weighted by atomic mass is 16.5. The minimum Gasteiger partial charge on any atom is -0.480 e. The first-order chi connectivity index (χ1) is 9.36. The van der Waals surface area contributed by atoms with E-state index in [0.717, 1.165) is 0 Å². The smallest absolute Gasteiger partial charge is 0.339 e. The summed E-state index contributed by atoms with van der Waals surface area (Å²) < 4.78 is 5.37. The number of aryl methyl sites for hydroxylation is 1. The van der Waals surface area contributed by atoms with Crippen LogP contribution in [-0.2, 0) is 4.79 Å². The topological polar surface area (TPSA) is 105 Å². The Morgan fingerprint density at radius 1 is 1.30 bits per heavy atom. The average Bonchev–Trinajstić information content (AvgIpc) is 2.40. The molecule has 0 saturated carbocycles. The number of para-hydroxylation sites is 1. The third-order valence-electron chi connectivity index (χ3n) is 2.57. The monoisotopic (exact) mass is 280 g/mol. The van der Waals surface area contributed by atoms with Crippen LogP contribution in [0.2, 0.25) is 0 Å². The van der Waals surface area contributed by atoms with Crippen molar-refractivity contribution in [3.63, 3.8) is 0 Å². The van der Waals surface area contributed by atoms with Gasteiger partial charge in [0.1, 0.15) is 11.3 Å². The minimum absolute atomic E-state index is 0.0374. The summed E-state index contributed by atoms with van der Waals surface area (Å²) >= 11 is 0. The molecule has 0 heterocycles. The fourth-order valence-corrected chi connectivity index (χ4v) is 1.48. The lowest BCUT2D eigenvalue weighted by Gasteiger charge is -2.17. The fraction of sp³-hybridized carbons (Fsp3) is 0.308. The van der Waals surface area contributed by atoms with Gasteiger partial charge in [0.05, 0.1) is 0 Å². The summed E-state index contributed by atoms with van der Waals surface area (Å²) in [6.45, 7) is 3.10. The third kappa shape index (κ3) is 3.71. The maximum Gasteiger partial charge on any atom is 0.339 e. The van der Waals surface area contributed by atoms with Crippen LogP contribution in [0.15, 0.2) is 18.2 Å². The lowest BCUT2D eigenvalue weighted by Crippen LogP contribution is -2.44. The van der Waals surface area contributed by atoms with Gasteiger partial charge in [-0.3, -0.25) is 10.1 Å². The number of carboxylic acid groups (broad SMARTS) is 1. The molecule has 1 unspecified atom stereocenters. The maximum absolute atomic E-state index is 11.7. The number of carboxylic acids is 1. The molecular weight excluding hydrogens is 264 g/mol. The Bertz CT molecular complexity index is 542. The second-order valence-corrected chi connectivity index (χ2v) is 4.09. The number of carbonyl (C=O) groups excluding carboxylic acids is 2. The molecular formula is C13H16N2O5. The minimum atomic E-state index is -1.15. The van der Waals surface area contributed by atoms with Crippen LogP contribution in [0.4, 0.5) is 4.79 Å². The van der Waals surface area contributed by atoms with Crippen molar-refractivity contribution in [2.24, 2.45) is 0 Å². The van der Waals surface area contributed by atoms with Crippen LogP contribution < -0.4 is 15.4 Å². The number of rotatable bonds is 4. The Morgan fingerprint density at radius 3 is 2.50 bits per heavy atom. The molecule has 0 aliphatic carbocycles. The zero-order chi connectivity index (χ0) is 15.3. The highest BCUT2D eigenvalue weighted by Gasteiger charge is 2.21. The van der Waals surface area contributed by atoms with Crippen LogP contribution in [-0.4, -0.2) is 36.2 Å². The van der Waals surface area contributed by atoms with Crippen LogP contribution in [0, 0.1) is 6.92 Å². The summed E-state index contributed by atoms with van der Waals surface area (Å²) in [6.07, 6.45) is -1.01. The third-order valence-corrected chi connectivity index (χ3v) is 2.57. The molecule has 0 aliphatic heterocycles. The zero-order valence-electron chi connectivity index (χ0n) is 11.4. The molecule has 1 atom stereocenters. The number of benzene rings is 1. The van der Waals surface area contributed by atoms with Crippen LogP contribution in [0.25, 0.3) is 0 Å². The molecule has 7 heteroatoms. The van der Waals surface area contributed by atoms with E-state index in [1.807, 2.05) is 0 Å². The maximum atomic E-state index is 11.7. The molecule has 0 bridgehead atoms. The van der Waals surface area contributed by atoms with Crippen LogP contribution in [0.3, 0.4) is 0 Å². The van der Waals surface area contributed by atoms with E-state index in [0.29, 0.717) is 5.56 Å². The number of imide groups is 1. The zero-order valence-corrected chi connectivity index (χ0v) is 11.4. The van der Waals surface area contributed by atoms with Crippen molar-refractivity contribution in [1.29, 1.82) is 0 Å². The Balaban J connectivity index is 2.90. The second kappa shape index (κ2) is 6.55. The molecule has 0 fully saturated rings. The lowest BCUT2D eigenvalue weighted by atomic mass is 10.1. The van der Waals surface area contributed by atoms with Crippen molar-refractivity contribution in [2.75, 3.05) is 7.05 Å². The predicted molar refractivity (Wildman–Crippen MR) is 70.8 cm³/mol. The van der Waals surface area contributed by atoms with Crippen molar-refractivity contribution >= 4 is 17.9 Å². The van der Waals surface area contributed by atoms with E-state index in [4.69, 9.17) is 9.84 Å². The first kappa shape index (κ1) is 15.5. The van der Waals surface area contributed by atoms with E-state index in [1.54, 1.807) is 19.1 Å².